The molecule has 0 rings (SSSR count). The third-order valence-corrected chi connectivity index (χ3v) is 2.52. The zero-order valence-corrected chi connectivity index (χ0v) is 9.05. The van der Waals surface area contributed by atoms with Gasteiger partial charge in [-0.05, 0) is 31.1 Å². The molecule has 0 spiro atoms. The van der Waals surface area contributed by atoms with Crippen molar-refractivity contribution in [3.63, 3.8) is 0 Å². The molecule has 0 aromatic heterocycles. The second-order valence-corrected chi connectivity index (χ2v) is 4.53. The second kappa shape index (κ2) is 7.34. The van der Waals surface area contributed by atoms with E-state index < -0.39 is 0 Å². The summed E-state index contributed by atoms with van der Waals surface area (Å²) >= 11 is 0. The van der Waals surface area contributed by atoms with Crippen LogP contribution in [0.3, 0.4) is 0 Å². The standard InChI is InChI=1S/C11H24O2/c1-11(2,8-6-10-13)7-4-3-5-9-12/h12-13H,3-10H2,1-2H3. The van der Waals surface area contributed by atoms with Gasteiger partial charge in [0.2, 0.25) is 0 Å². The van der Waals surface area contributed by atoms with E-state index in [1.165, 1.54) is 12.8 Å². The van der Waals surface area contributed by atoms with E-state index in [1.54, 1.807) is 0 Å². The normalized spacial score (nSPS) is 12.0. The molecule has 0 saturated heterocycles. The molecule has 2 N–H and O–H groups in total. The topological polar surface area (TPSA) is 40.5 Å². The van der Waals surface area contributed by atoms with Crippen molar-refractivity contribution in [2.75, 3.05) is 13.2 Å². The molecule has 0 heterocycles. The lowest BCUT2D eigenvalue weighted by Crippen LogP contribution is -2.11. The van der Waals surface area contributed by atoms with E-state index in [4.69, 9.17) is 10.2 Å². The fourth-order valence-corrected chi connectivity index (χ4v) is 1.57. The van der Waals surface area contributed by atoms with Gasteiger partial charge in [-0.2, -0.15) is 0 Å². The van der Waals surface area contributed by atoms with Crippen molar-refractivity contribution in [3.8, 4) is 0 Å². The van der Waals surface area contributed by atoms with E-state index in [-0.39, 0.29) is 0 Å². The summed E-state index contributed by atoms with van der Waals surface area (Å²) in [5.74, 6) is 0. The molecule has 0 atom stereocenters. The lowest BCUT2D eigenvalue weighted by Gasteiger charge is -2.24. The number of aliphatic hydroxyl groups excluding tert-OH is 2. The summed E-state index contributed by atoms with van der Waals surface area (Å²) in [6.45, 7) is 5.13. The van der Waals surface area contributed by atoms with Crippen LogP contribution in [0.2, 0.25) is 0 Å². The number of unbranched alkanes of at least 4 members (excludes halogenated alkanes) is 2. The van der Waals surface area contributed by atoms with Crippen LogP contribution >= 0.6 is 0 Å². The highest BCUT2D eigenvalue weighted by atomic mass is 16.3. The van der Waals surface area contributed by atoms with Crippen LogP contribution in [-0.4, -0.2) is 23.4 Å². The molecule has 0 amide bonds. The van der Waals surface area contributed by atoms with E-state index in [0.29, 0.717) is 18.6 Å². The summed E-state index contributed by atoms with van der Waals surface area (Å²) in [7, 11) is 0. The molecule has 0 aromatic rings. The predicted molar refractivity (Wildman–Crippen MR) is 55.7 cm³/mol. The number of hydrogen-bond acceptors (Lipinski definition) is 2. The van der Waals surface area contributed by atoms with Gasteiger partial charge < -0.3 is 10.2 Å². The van der Waals surface area contributed by atoms with Crippen molar-refractivity contribution in [1.29, 1.82) is 0 Å². The summed E-state index contributed by atoms with van der Waals surface area (Å²) in [6.07, 6.45) is 6.46. The zero-order chi connectivity index (χ0) is 10.2. The van der Waals surface area contributed by atoms with Crippen LogP contribution in [0, 0.1) is 5.41 Å². The molecule has 0 aliphatic rings. The maximum atomic E-state index is 8.71. The number of aliphatic hydroxyl groups is 2. The van der Waals surface area contributed by atoms with Crippen molar-refractivity contribution in [3.05, 3.63) is 0 Å². The maximum absolute atomic E-state index is 8.71. The van der Waals surface area contributed by atoms with Crippen molar-refractivity contribution in [2.45, 2.75) is 52.4 Å². The third-order valence-electron chi connectivity index (χ3n) is 2.52. The van der Waals surface area contributed by atoms with E-state index in [0.717, 1.165) is 25.7 Å². The number of rotatable bonds is 8. The Morgan fingerprint density at radius 2 is 1.31 bits per heavy atom. The lowest BCUT2D eigenvalue weighted by atomic mass is 9.83. The van der Waals surface area contributed by atoms with Gasteiger partial charge in [0.1, 0.15) is 0 Å². The van der Waals surface area contributed by atoms with Gasteiger partial charge in [-0.3, -0.25) is 0 Å². The summed E-state index contributed by atoms with van der Waals surface area (Å²) in [4.78, 5) is 0. The van der Waals surface area contributed by atoms with Crippen LogP contribution in [-0.2, 0) is 0 Å². The van der Waals surface area contributed by atoms with Gasteiger partial charge >= 0.3 is 0 Å². The van der Waals surface area contributed by atoms with Crippen LogP contribution in [0.4, 0.5) is 0 Å². The van der Waals surface area contributed by atoms with Gasteiger partial charge in [0.15, 0.2) is 0 Å². The fourth-order valence-electron chi connectivity index (χ4n) is 1.57. The predicted octanol–water partition coefficient (Wildman–Crippen LogP) is 2.34. The maximum Gasteiger partial charge on any atom is 0.0431 e. The van der Waals surface area contributed by atoms with Gasteiger partial charge in [0, 0.05) is 13.2 Å². The Bertz CT molecular complexity index is 111. The van der Waals surface area contributed by atoms with E-state index >= 15 is 0 Å². The molecule has 0 saturated carbocycles. The Kier molecular flexibility index (Phi) is 7.29. The minimum absolute atomic E-state index is 0.306. The second-order valence-electron chi connectivity index (χ2n) is 4.53. The van der Waals surface area contributed by atoms with Crippen molar-refractivity contribution in [2.24, 2.45) is 5.41 Å². The molecule has 0 aliphatic heterocycles. The van der Waals surface area contributed by atoms with Crippen LogP contribution < -0.4 is 0 Å². The molecular formula is C11H24O2. The highest BCUT2D eigenvalue weighted by Crippen LogP contribution is 2.28. The molecule has 2 nitrogen and oxygen atoms in total. The van der Waals surface area contributed by atoms with Gasteiger partial charge in [-0.1, -0.05) is 26.7 Å². The molecule has 0 aromatic carbocycles. The Labute approximate surface area is 82.0 Å². The minimum Gasteiger partial charge on any atom is -0.396 e. The highest BCUT2D eigenvalue weighted by Gasteiger charge is 2.15. The summed E-state index contributed by atoms with van der Waals surface area (Å²) in [5, 5.41) is 17.3. The van der Waals surface area contributed by atoms with Crippen LogP contribution in [0.25, 0.3) is 0 Å². The van der Waals surface area contributed by atoms with Crippen molar-refractivity contribution in [1.82, 2.24) is 0 Å². The highest BCUT2D eigenvalue weighted by molar-refractivity contribution is 4.68. The molecule has 0 bridgehead atoms. The SMILES string of the molecule is CC(C)(CCCO)CCCCCO. The first-order chi connectivity index (χ1) is 6.12. The summed E-state index contributed by atoms with van der Waals surface area (Å²) < 4.78 is 0. The Morgan fingerprint density at radius 3 is 1.85 bits per heavy atom. The zero-order valence-electron chi connectivity index (χ0n) is 9.05. The van der Waals surface area contributed by atoms with Crippen LogP contribution in [0.1, 0.15) is 52.4 Å². The van der Waals surface area contributed by atoms with Crippen molar-refractivity contribution >= 4 is 0 Å². The molecular weight excluding hydrogens is 164 g/mol. The van der Waals surface area contributed by atoms with Crippen LogP contribution in [0.5, 0.6) is 0 Å². The molecule has 0 unspecified atom stereocenters. The molecule has 0 fully saturated rings. The molecule has 80 valence electrons. The lowest BCUT2D eigenvalue weighted by molar-refractivity contribution is 0.224. The fraction of sp³-hybridized carbons (Fsp3) is 1.00. The Morgan fingerprint density at radius 1 is 0.769 bits per heavy atom. The summed E-state index contributed by atoms with van der Waals surface area (Å²) in [5.41, 5.74) is 0.359. The van der Waals surface area contributed by atoms with E-state index in [1.807, 2.05) is 0 Å². The quantitative estimate of drug-likeness (QED) is 0.574. The first-order valence-electron chi connectivity index (χ1n) is 5.34. The first-order valence-corrected chi connectivity index (χ1v) is 5.34. The molecule has 0 radical (unpaired) electrons. The van der Waals surface area contributed by atoms with E-state index in [9.17, 15) is 0 Å². The van der Waals surface area contributed by atoms with Crippen molar-refractivity contribution < 1.29 is 10.2 Å². The van der Waals surface area contributed by atoms with Crippen LogP contribution in [0.15, 0.2) is 0 Å². The average molecular weight is 188 g/mol. The molecule has 13 heavy (non-hydrogen) atoms. The summed E-state index contributed by atoms with van der Waals surface area (Å²) in [6, 6.07) is 0. The monoisotopic (exact) mass is 188 g/mol. The largest absolute Gasteiger partial charge is 0.396 e. The number of hydrogen-bond donors (Lipinski definition) is 2. The van der Waals surface area contributed by atoms with Gasteiger partial charge in [-0.25, -0.2) is 0 Å². The van der Waals surface area contributed by atoms with Gasteiger partial charge in [-0.15, -0.1) is 0 Å². The molecule has 0 aliphatic carbocycles. The van der Waals surface area contributed by atoms with Gasteiger partial charge in [0.05, 0.1) is 0 Å². The van der Waals surface area contributed by atoms with Gasteiger partial charge in [0.25, 0.3) is 0 Å². The third kappa shape index (κ3) is 8.26. The van der Waals surface area contributed by atoms with E-state index in [2.05, 4.69) is 13.8 Å². The first kappa shape index (κ1) is 12.9. The molecule has 2 heteroatoms. The minimum atomic E-state index is 0.306. The Hall–Kier alpha value is -0.0800. The average Bonchev–Trinajstić information content (AvgIpc) is 2.09. The Balaban J connectivity index is 3.39. The smallest absolute Gasteiger partial charge is 0.0431 e.